The van der Waals surface area contributed by atoms with Gasteiger partial charge in [-0.3, -0.25) is 4.79 Å². The molecule has 0 bridgehead atoms. The van der Waals surface area contributed by atoms with Crippen LogP contribution in [0.2, 0.25) is 5.02 Å². The van der Waals surface area contributed by atoms with E-state index in [-0.39, 0.29) is 11.2 Å². The summed E-state index contributed by atoms with van der Waals surface area (Å²) in [5, 5.41) is 10.8. The molecule has 0 radical (unpaired) electrons. The lowest BCUT2D eigenvalue weighted by atomic mass is 10.1. The molecule has 0 spiro atoms. The van der Waals surface area contributed by atoms with Crippen LogP contribution in [0.5, 0.6) is 5.75 Å². The second kappa shape index (κ2) is 10.9. The first-order valence-corrected chi connectivity index (χ1v) is 10.8. The van der Waals surface area contributed by atoms with Gasteiger partial charge in [-0.25, -0.2) is 4.98 Å². The summed E-state index contributed by atoms with van der Waals surface area (Å²) >= 11 is 7.62. The number of thioether (sulfide) groups is 1. The largest absolute Gasteiger partial charge is 0.487 e. The third-order valence-electron chi connectivity index (χ3n) is 4.46. The van der Waals surface area contributed by atoms with E-state index in [1.54, 1.807) is 11.8 Å². The number of esters is 1. The van der Waals surface area contributed by atoms with Gasteiger partial charge in [0.15, 0.2) is 0 Å². The van der Waals surface area contributed by atoms with Crippen LogP contribution in [-0.4, -0.2) is 23.8 Å². The lowest BCUT2D eigenvalue weighted by Gasteiger charge is -2.15. The van der Waals surface area contributed by atoms with Crippen molar-refractivity contribution in [3.8, 4) is 11.8 Å². The first-order valence-electron chi connectivity index (χ1n) is 9.42. The molecule has 0 saturated carbocycles. The lowest BCUT2D eigenvalue weighted by molar-refractivity contribution is -0.140. The smallest absolute Gasteiger partial charge is 0.306 e. The monoisotopic (exact) mass is 440 g/mol. The van der Waals surface area contributed by atoms with Gasteiger partial charge in [-0.15, -0.1) is 0 Å². The molecule has 0 aliphatic carbocycles. The number of benzene rings is 2. The molecule has 1 aromatic heterocycles. The van der Waals surface area contributed by atoms with E-state index in [9.17, 15) is 10.1 Å². The number of hydrogen-bond acceptors (Lipinski definition) is 6. The zero-order valence-corrected chi connectivity index (χ0v) is 18.1. The van der Waals surface area contributed by atoms with Crippen molar-refractivity contribution in [2.24, 2.45) is 0 Å². The Morgan fingerprint density at radius 2 is 2.07 bits per heavy atom. The van der Waals surface area contributed by atoms with E-state index in [1.807, 2.05) is 54.6 Å². The zero-order chi connectivity index (χ0) is 21.3. The van der Waals surface area contributed by atoms with Gasteiger partial charge in [0, 0.05) is 21.4 Å². The van der Waals surface area contributed by atoms with Gasteiger partial charge in [0.25, 0.3) is 0 Å². The van der Waals surface area contributed by atoms with Gasteiger partial charge in [-0.2, -0.15) is 17.0 Å². The number of fused-ring (bicyclic) bond motifs is 1. The van der Waals surface area contributed by atoms with Crippen LogP contribution >= 0.6 is 23.4 Å². The van der Waals surface area contributed by atoms with E-state index in [4.69, 9.17) is 16.3 Å². The normalized spacial score (nSPS) is 11.6. The van der Waals surface area contributed by atoms with Gasteiger partial charge in [0.1, 0.15) is 12.4 Å². The van der Waals surface area contributed by atoms with Crippen LogP contribution in [-0.2, 0) is 16.1 Å². The standard InChI is InChI=1S/C23H21ClN2O3S/c1-28-23(27)10-12-30-22(9-11-25)17-3-2-4-20(13-17)29-15-19-8-6-16-5-7-18(24)14-21(16)26-19/h2-8,13-14,22H,9-10,12,15H2,1H3. The highest BCUT2D eigenvalue weighted by molar-refractivity contribution is 7.99. The molecule has 0 fully saturated rings. The molecule has 30 heavy (non-hydrogen) atoms. The summed E-state index contributed by atoms with van der Waals surface area (Å²) in [4.78, 5) is 15.9. The minimum absolute atomic E-state index is 0.0378. The van der Waals surface area contributed by atoms with Gasteiger partial charge in [-0.05, 0) is 35.9 Å². The third-order valence-corrected chi connectivity index (χ3v) is 5.97. The van der Waals surface area contributed by atoms with Crippen molar-refractivity contribution in [1.82, 2.24) is 4.98 Å². The Hall–Kier alpha value is -2.75. The zero-order valence-electron chi connectivity index (χ0n) is 16.5. The molecule has 1 atom stereocenters. The van der Waals surface area contributed by atoms with Crippen LogP contribution in [0.3, 0.4) is 0 Å². The SMILES string of the molecule is COC(=O)CCSC(CC#N)c1cccc(OCc2ccc3ccc(Cl)cc3n2)c1. The highest BCUT2D eigenvalue weighted by Gasteiger charge is 2.14. The van der Waals surface area contributed by atoms with Gasteiger partial charge >= 0.3 is 5.97 Å². The average Bonchev–Trinajstić information content (AvgIpc) is 2.76. The number of nitriles is 1. The molecule has 0 saturated heterocycles. The lowest BCUT2D eigenvalue weighted by Crippen LogP contribution is -2.03. The van der Waals surface area contributed by atoms with Crippen LogP contribution < -0.4 is 4.74 Å². The van der Waals surface area contributed by atoms with Crippen molar-refractivity contribution in [3.63, 3.8) is 0 Å². The molecule has 2 aromatic carbocycles. The maximum atomic E-state index is 11.3. The summed E-state index contributed by atoms with van der Waals surface area (Å²) in [6, 6.07) is 19.4. The number of pyridine rings is 1. The van der Waals surface area contributed by atoms with Gasteiger partial charge in [-0.1, -0.05) is 35.9 Å². The number of halogens is 1. The van der Waals surface area contributed by atoms with Crippen molar-refractivity contribution in [3.05, 3.63) is 70.9 Å². The fourth-order valence-electron chi connectivity index (χ4n) is 2.92. The topological polar surface area (TPSA) is 72.2 Å². The molecule has 1 heterocycles. The number of aromatic nitrogens is 1. The van der Waals surface area contributed by atoms with E-state index < -0.39 is 0 Å². The van der Waals surface area contributed by atoms with Gasteiger partial charge < -0.3 is 9.47 Å². The molecule has 7 heteroatoms. The quantitative estimate of drug-likeness (QED) is 0.396. The van der Waals surface area contributed by atoms with E-state index in [0.717, 1.165) is 22.2 Å². The highest BCUT2D eigenvalue weighted by Crippen LogP contribution is 2.34. The molecule has 3 rings (SSSR count). The van der Waals surface area contributed by atoms with Crippen LogP contribution in [0.25, 0.3) is 10.9 Å². The number of carbonyl (C=O) groups excluding carboxylic acids is 1. The third kappa shape index (κ3) is 6.12. The first-order chi connectivity index (χ1) is 14.6. The van der Waals surface area contributed by atoms with Gasteiger partial charge in [0.2, 0.25) is 0 Å². The van der Waals surface area contributed by atoms with Crippen LogP contribution in [0, 0.1) is 11.3 Å². The van der Waals surface area contributed by atoms with E-state index in [2.05, 4.69) is 15.8 Å². The second-order valence-electron chi connectivity index (χ2n) is 6.55. The van der Waals surface area contributed by atoms with Crippen molar-refractivity contribution < 1.29 is 14.3 Å². The van der Waals surface area contributed by atoms with E-state index in [1.165, 1.54) is 7.11 Å². The molecule has 154 valence electrons. The summed E-state index contributed by atoms with van der Waals surface area (Å²) in [6.45, 7) is 0.324. The Balaban J connectivity index is 1.66. The van der Waals surface area contributed by atoms with E-state index >= 15 is 0 Å². The van der Waals surface area contributed by atoms with E-state index in [0.29, 0.717) is 36.0 Å². The molecular formula is C23H21ClN2O3S. The first kappa shape index (κ1) is 21.9. The van der Waals surface area contributed by atoms with Crippen molar-refractivity contribution >= 4 is 40.2 Å². The number of ether oxygens (including phenoxy) is 2. The summed E-state index contributed by atoms with van der Waals surface area (Å²) in [5.74, 6) is 1.05. The minimum atomic E-state index is -0.250. The van der Waals surface area contributed by atoms with Crippen LogP contribution in [0.4, 0.5) is 0 Å². The number of nitrogens with zero attached hydrogens (tertiary/aromatic N) is 2. The Morgan fingerprint density at radius 3 is 2.87 bits per heavy atom. The molecule has 0 N–H and O–H groups in total. The summed E-state index contributed by atoms with van der Waals surface area (Å²) in [7, 11) is 1.37. The van der Waals surface area contributed by atoms with Crippen molar-refractivity contribution in [2.75, 3.05) is 12.9 Å². The Labute approximate surface area is 185 Å². The number of carbonyl (C=O) groups is 1. The van der Waals surface area contributed by atoms with Crippen molar-refractivity contribution in [2.45, 2.75) is 24.7 Å². The predicted octanol–water partition coefficient (Wildman–Crippen LogP) is 5.72. The summed E-state index contributed by atoms with van der Waals surface area (Å²) in [6.07, 6.45) is 0.666. The molecule has 0 aliphatic rings. The number of hydrogen-bond donors (Lipinski definition) is 0. The summed E-state index contributed by atoms with van der Waals surface area (Å²) in [5.41, 5.74) is 2.62. The predicted molar refractivity (Wildman–Crippen MR) is 120 cm³/mol. The molecule has 3 aromatic rings. The molecular weight excluding hydrogens is 420 g/mol. The molecule has 5 nitrogen and oxygen atoms in total. The maximum Gasteiger partial charge on any atom is 0.306 e. The maximum absolute atomic E-state index is 11.3. The minimum Gasteiger partial charge on any atom is -0.487 e. The number of rotatable bonds is 9. The van der Waals surface area contributed by atoms with Crippen LogP contribution in [0.1, 0.15) is 29.3 Å². The average molecular weight is 441 g/mol. The molecule has 1 unspecified atom stereocenters. The fourth-order valence-corrected chi connectivity index (χ4v) is 4.18. The Kier molecular flexibility index (Phi) is 7.95. The van der Waals surface area contributed by atoms with Crippen LogP contribution in [0.15, 0.2) is 54.6 Å². The number of methoxy groups -OCH3 is 1. The van der Waals surface area contributed by atoms with Gasteiger partial charge in [0.05, 0.1) is 37.2 Å². The fraction of sp³-hybridized carbons (Fsp3) is 0.261. The summed E-state index contributed by atoms with van der Waals surface area (Å²) < 4.78 is 10.6. The second-order valence-corrected chi connectivity index (χ2v) is 8.30. The van der Waals surface area contributed by atoms with Crippen molar-refractivity contribution in [1.29, 1.82) is 5.26 Å². The Morgan fingerprint density at radius 1 is 1.23 bits per heavy atom. The highest BCUT2D eigenvalue weighted by atomic mass is 35.5. The molecule has 0 aliphatic heterocycles. The molecule has 0 amide bonds. The Bertz CT molecular complexity index is 1070.